The van der Waals surface area contributed by atoms with Crippen molar-refractivity contribution >= 4 is 115 Å². The minimum atomic E-state index is -5.81. The van der Waals surface area contributed by atoms with Crippen LogP contribution in [0.4, 0.5) is 24.5 Å². The third-order valence-corrected chi connectivity index (χ3v) is 28.1. The monoisotopic (exact) mass is 1640 g/mol. The number of piperidine rings is 1. The van der Waals surface area contributed by atoms with Gasteiger partial charge in [0.2, 0.25) is 23.6 Å². The Bertz CT molecular complexity index is 4360. The molecule has 598 valence electrons. The average Bonchev–Trinajstić information content (AvgIpc) is 1.46. The van der Waals surface area contributed by atoms with Crippen molar-refractivity contribution in [2.45, 2.75) is 143 Å². The summed E-state index contributed by atoms with van der Waals surface area (Å²) in [6.45, 7) is 23.5. The quantitative estimate of drug-likeness (QED) is 0.0167. The number of allylic oxidation sites excluding steroid dienone is 1. The lowest BCUT2D eigenvalue weighted by Crippen LogP contribution is -2.62. The molecule has 5 N–H and O–H groups in total. The van der Waals surface area contributed by atoms with Gasteiger partial charge in [0.05, 0.1) is 52.9 Å². The van der Waals surface area contributed by atoms with E-state index in [1.54, 1.807) is 23.5 Å². The predicted molar refractivity (Wildman–Crippen MR) is 438 cm³/mol. The van der Waals surface area contributed by atoms with Crippen LogP contribution in [0.3, 0.4) is 0 Å². The number of carbonyl (C=O) groups excluding carboxylic acids is 5. The van der Waals surface area contributed by atoms with Crippen molar-refractivity contribution in [1.29, 1.82) is 0 Å². The maximum absolute atomic E-state index is 14.4. The second-order valence-corrected chi connectivity index (χ2v) is 38.2. The van der Waals surface area contributed by atoms with E-state index < -0.39 is 55.7 Å². The number of thioether (sulfide) groups is 2. The van der Waals surface area contributed by atoms with Crippen molar-refractivity contribution in [1.82, 2.24) is 44.8 Å². The number of alkyl halides is 3. The first kappa shape index (κ1) is 83.7. The molecule has 5 amide bonds. The number of likely N-dealkylation sites (tertiary alicyclic amines) is 3. The number of benzene rings is 5. The number of nitrogens with one attached hydrogen (secondary N) is 4. The van der Waals surface area contributed by atoms with Gasteiger partial charge < -0.3 is 45.4 Å². The highest BCUT2D eigenvalue weighted by molar-refractivity contribution is 8.00. The van der Waals surface area contributed by atoms with Crippen LogP contribution < -0.4 is 25.6 Å². The van der Waals surface area contributed by atoms with Gasteiger partial charge >= 0.3 is 5.51 Å². The molecule has 5 saturated heterocycles. The summed E-state index contributed by atoms with van der Waals surface area (Å²) in [6.07, 6.45) is 4.83. The maximum Gasteiger partial charge on any atom is 0.501 e. The molecule has 5 aliphatic heterocycles. The Labute approximate surface area is 672 Å². The van der Waals surface area contributed by atoms with E-state index in [9.17, 15) is 50.7 Å². The zero-order valence-electron chi connectivity index (χ0n) is 64.0. The van der Waals surface area contributed by atoms with E-state index in [-0.39, 0.29) is 76.4 Å². The zero-order chi connectivity index (χ0) is 78.8. The number of nitrogens with zero attached hydrogens (tertiary/aromatic N) is 7. The number of carbonyl (C=O) groups is 5. The third-order valence-electron chi connectivity index (χ3n) is 22.5. The molecule has 1 aliphatic carbocycles. The number of β-amino-alcohol motifs (C(OH)–C–C–N with tert-alkyl or cyclic N) is 1. The molecule has 5 aromatic carbocycles. The number of aromatic nitrogens is 1. The fourth-order valence-electron chi connectivity index (χ4n) is 16.0. The van der Waals surface area contributed by atoms with Crippen molar-refractivity contribution < 1.29 is 55.4 Å². The van der Waals surface area contributed by atoms with Crippen LogP contribution in [0.1, 0.15) is 119 Å². The van der Waals surface area contributed by atoms with Crippen LogP contribution in [-0.2, 0) is 33.8 Å². The molecule has 0 radical (unpaired) electrons. The second-order valence-electron chi connectivity index (χ2n) is 31.9. The molecule has 1 aromatic heterocycles. The van der Waals surface area contributed by atoms with Crippen molar-refractivity contribution in [3.05, 3.63) is 160 Å². The summed E-state index contributed by atoms with van der Waals surface area (Å²) < 4.78 is 77.8. The molecule has 12 rings (SSSR count). The highest BCUT2D eigenvalue weighted by atomic mass is 35.5. The number of hydrogen-bond acceptors (Lipinski definition) is 19. The summed E-state index contributed by atoms with van der Waals surface area (Å²) in [5.74, 6) is -0.441. The summed E-state index contributed by atoms with van der Waals surface area (Å²) in [5, 5.41) is 20.7. The minimum Gasteiger partial charge on any atom is -0.391 e. The normalized spacial score (nSPS) is 21.0. The van der Waals surface area contributed by atoms with Gasteiger partial charge in [0, 0.05) is 140 Å². The van der Waals surface area contributed by atoms with E-state index in [0.717, 1.165) is 161 Å². The van der Waals surface area contributed by atoms with Crippen LogP contribution in [0.5, 0.6) is 0 Å². The molecule has 5 fully saturated rings. The molecule has 0 bridgehead atoms. The van der Waals surface area contributed by atoms with Gasteiger partial charge in [0.1, 0.15) is 17.0 Å². The van der Waals surface area contributed by atoms with E-state index in [4.69, 9.17) is 16.3 Å². The fourth-order valence-corrected chi connectivity index (χ4v) is 20.4. The number of morpholine rings is 1. The van der Waals surface area contributed by atoms with Crippen LogP contribution >= 0.6 is 58.4 Å². The third kappa shape index (κ3) is 21.6. The maximum atomic E-state index is 14.4. The molecular weight excluding hydrogens is 1540 g/mol. The van der Waals surface area contributed by atoms with E-state index in [0.29, 0.717) is 48.3 Å². The first-order chi connectivity index (χ1) is 53.0. The van der Waals surface area contributed by atoms with Crippen molar-refractivity contribution in [3.8, 4) is 10.4 Å². The highest BCUT2D eigenvalue weighted by Crippen LogP contribution is 2.47. The molecule has 1 spiro atoms. The molecule has 6 atom stereocenters. The smallest absolute Gasteiger partial charge is 0.391 e. The highest BCUT2D eigenvalue weighted by Gasteiger charge is 2.50. The lowest BCUT2D eigenvalue weighted by molar-refractivity contribution is -0.144. The van der Waals surface area contributed by atoms with Crippen LogP contribution in [0.2, 0.25) is 5.02 Å². The molecule has 1 unspecified atom stereocenters. The summed E-state index contributed by atoms with van der Waals surface area (Å²) in [4.78, 5) is 87.6. The minimum absolute atomic E-state index is 0.0265. The van der Waals surface area contributed by atoms with Gasteiger partial charge in [-0.1, -0.05) is 99.5 Å². The number of aliphatic hydroxyl groups is 1. The van der Waals surface area contributed by atoms with Gasteiger partial charge in [-0.05, 0) is 177 Å². The Kier molecular flexibility index (Phi) is 27.8. The first-order valence-corrected chi connectivity index (χ1v) is 44.1. The lowest BCUT2D eigenvalue weighted by Gasteiger charge is -2.55. The fraction of sp³-hybridized carbons (Fsp3) is 0.512. The summed E-state index contributed by atoms with van der Waals surface area (Å²) in [5.41, 5.74) is 3.73. The van der Waals surface area contributed by atoms with Gasteiger partial charge in [-0.15, -0.1) is 23.1 Å². The summed E-state index contributed by atoms with van der Waals surface area (Å²) >= 11 is 11.7. The van der Waals surface area contributed by atoms with Gasteiger partial charge in [-0.3, -0.25) is 38.5 Å². The molecule has 0 saturated carbocycles. The average molecular weight is 1640 g/mol. The Balaban J connectivity index is 0.578. The number of amides is 5. The Morgan fingerprint density at radius 3 is 2.17 bits per heavy atom. The number of anilines is 2. The topological polar surface area (TPSA) is 229 Å². The molecule has 29 heteroatoms. The van der Waals surface area contributed by atoms with E-state index in [2.05, 4.69) is 64.3 Å². The number of rotatable bonds is 29. The van der Waals surface area contributed by atoms with Crippen LogP contribution in [0.15, 0.2) is 147 Å². The van der Waals surface area contributed by atoms with Crippen molar-refractivity contribution in [3.63, 3.8) is 0 Å². The molecule has 20 nitrogen and oxygen atoms in total. The van der Waals surface area contributed by atoms with Crippen molar-refractivity contribution in [2.24, 2.45) is 16.2 Å². The molecule has 6 aliphatic rings. The van der Waals surface area contributed by atoms with Crippen LogP contribution in [-0.4, -0.2) is 224 Å². The largest absolute Gasteiger partial charge is 0.501 e. The number of aryl methyl sites for hydroxylation is 1. The predicted octanol–water partition coefficient (Wildman–Crippen LogP) is 13.0. The Hall–Kier alpha value is -6.70. The summed E-state index contributed by atoms with van der Waals surface area (Å²) in [7, 11) is -5.81. The van der Waals surface area contributed by atoms with Crippen LogP contribution in [0.25, 0.3) is 16.0 Å². The number of aliphatic hydroxyl groups excluding tert-OH is 1. The lowest BCUT2D eigenvalue weighted by atomic mass is 9.69. The number of hydrogen-bond donors (Lipinski definition) is 5. The van der Waals surface area contributed by atoms with Gasteiger partial charge in [-0.25, -0.2) is 13.4 Å². The number of sulfone groups is 1. The molecule has 6 aromatic rings. The number of thiazole rings is 1. The molecule has 6 heterocycles. The van der Waals surface area contributed by atoms with Gasteiger partial charge in [0.15, 0.2) is 0 Å². The Morgan fingerprint density at radius 2 is 1.50 bits per heavy atom. The molecule has 111 heavy (non-hydrogen) atoms. The van der Waals surface area contributed by atoms with Crippen molar-refractivity contribution in [2.75, 3.05) is 132 Å². The second kappa shape index (κ2) is 36.8. The standard InChI is InChI=1S/C82H103ClF3N11O9S5/c1-55(57-12-14-59(15-13-57)74-56(2)87-54-109-74)88-77(102)70-44-65(98)48-97(70)78(103)75(79(3,4)5)90-72(99)28-43-107-50-73(100)96-52-81(53-96)30-33-94(34-31-81)51-80(6)29-26-68(58-16-20-62(83)21-17-58)61(46-80)47-93-35-37-95(38-36-93)64-22-18-60(19-23-64)76(101)91-110-67-24-25-69(71(45-67)111(104,105)82(84,85)86)89-63(27-32-92-39-41-106-42-40-92)49-108-66-10-8-7-9-11-66/h7-25,45,54-55,63,65,70,75,89,98H,26-44,46-53H2,1-6H3,(H,88,102)(H,90,99)(H,91,101)/t55-,63+,65+,70-,75+,80?/m0/s1. The van der Waals surface area contributed by atoms with Crippen LogP contribution in [0, 0.1) is 23.2 Å². The number of halogens is 4. The first-order valence-electron chi connectivity index (χ1n) is 38.4. The Morgan fingerprint density at radius 1 is 0.811 bits per heavy atom. The number of piperazine rings is 1. The zero-order valence-corrected chi connectivity index (χ0v) is 68.8. The summed E-state index contributed by atoms with van der Waals surface area (Å²) in [6, 6.07) is 34.2. The van der Waals surface area contributed by atoms with E-state index in [1.807, 2.05) is 124 Å². The van der Waals surface area contributed by atoms with Gasteiger partial charge in [-0.2, -0.15) is 24.9 Å². The van der Waals surface area contributed by atoms with E-state index >= 15 is 0 Å². The van der Waals surface area contributed by atoms with Gasteiger partial charge in [0.25, 0.3) is 15.7 Å². The SMILES string of the molecule is Cc1ncsc1-c1ccc([C@H](C)NC(=O)[C@@H]2C[C@@H](O)CN2C(=O)[C@@H](NC(=O)CCSCC(=O)N2CC3(CCN(CC4(C)CCC(c5ccc(Cl)cc5)=C(CN5CCN(c6ccc(C(=O)NSc7ccc(N[C@H](CCN8CCOCC8)CSc8ccccc8)c(S(=O)(=O)C(F)(F)F)c7)cc6)CC5)C4)CC3)C2)C(C)(C)C)cc1. The van der Waals surface area contributed by atoms with E-state index in [1.165, 1.54) is 57.3 Å². The number of ether oxygens (including phenoxy) is 1. The molecular formula is C82H103ClF3N11O9S5.